The molecule has 2 heterocycles. The normalized spacial score (nSPS) is 23.4. The number of carbonyl (C=O) groups excluding carboxylic acids is 1. The van der Waals surface area contributed by atoms with E-state index in [1.165, 1.54) is 24.1 Å². The van der Waals surface area contributed by atoms with Crippen molar-refractivity contribution in [2.45, 2.75) is 12.5 Å². The molecule has 2 unspecified atom stereocenters. The minimum atomic E-state index is -1.06. The number of nitro groups is 1. The van der Waals surface area contributed by atoms with Gasteiger partial charge in [-0.2, -0.15) is 0 Å². The van der Waals surface area contributed by atoms with E-state index in [-0.39, 0.29) is 17.3 Å². The van der Waals surface area contributed by atoms with E-state index in [1.54, 1.807) is 0 Å². The Balaban J connectivity index is 2.36. The van der Waals surface area contributed by atoms with Crippen LogP contribution < -0.4 is 0 Å². The summed E-state index contributed by atoms with van der Waals surface area (Å²) in [5.74, 6) is -2.17. The Morgan fingerprint density at radius 2 is 2.28 bits per heavy atom. The maximum absolute atomic E-state index is 11.5. The van der Waals surface area contributed by atoms with Gasteiger partial charge in [-0.05, 0) is 6.07 Å². The molecule has 1 aromatic rings. The summed E-state index contributed by atoms with van der Waals surface area (Å²) < 4.78 is 0. The van der Waals surface area contributed by atoms with E-state index in [9.17, 15) is 19.7 Å². The highest BCUT2D eigenvalue weighted by Gasteiger charge is 2.43. The zero-order valence-electron chi connectivity index (χ0n) is 9.40. The van der Waals surface area contributed by atoms with E-state index < -0.39 is 22.9 Å². The van der Waals surface area contributed by atoms with Crippen molar-refractivity contribution in [1.82, 2.24) is 4.90 Å². The second-order valence-electron chi connectivity index (χ2n) is 4.03. The van der Waals surface area contributed by atoms with Crippen LogP contribution in [0.15, 0.2) is 12.1 Å². The van der Waals surface area contributed by atoms with Crippen molar-refractivity contribution < 1.29 is 19.6 Å². The highest BCUT2D eigenvalue weighted by atomic mass is 32.1. The summed E-state index contributed by atoms with van der Waals surface area (Å²) in [6.07, 6.45) is -0.0673. The molecular formula is C10H10N2O5S. The molecule has 1 aromatic heterocycles. The van der Waals surface area contributed by atoms with Crippen LogP contribution in [0.3, 0.4) is 0 Å². The smallest absolute Gasteiger partial charge is 0.324 e. The Hall–Kier alpha value is -1.96. The van der Waals surface area contributed by atoms with Crippen molar-refractivity contribution in [2.24, 2.45) is 5.92 Å². The molecule has 0 spiro atoms. The summed E-state index contributed by atoms with van der Waals surface area (Å²) in [5.41, 5.74) is 0. The Bertz CT molecular complexity index is 526. The van der Waals surface area contributed by atoms with Crippen LogP contribution in [-0.4, -0.2) is 33.9 Å². The van der Waals surface area contributed by atoms with E-state index in [4.69, 9.17) is 5.11 Å². The Labute approximate surface area is 106 Å². The lowest BCUT2D eigenvalue weighted by Gasteiger charge is -2.21. The van der Waals surface area contributed by atoms with Crippen LogP contribution in [-0.2, 0) is 9.59 Å². The molecule has 1 amide bonds. The number of carbonyl (C=O) groups is 2. The summed E-state index contributed by atoms with van der Waals surface area (Å²) in [5, 5.41) is 19.6. The molecule has 0 aliphatic carbocycles. The number of carboxylic acid groups (broad SMARTS) is 1. The molecule has 0 saturated carbocycles. The summed E-state index contributed by atoms with van der Waals surface area (Å²) >= 11 is 0.909. The molecule has 0 bridgehead atoms. The van der Waals surface area contributed by atoms with E-state index in [0.29, 0.717) is 4.88 Å². The number of likely N-dealkylation sites (tertiary alicyclic amines) is 1. The van der Waals surface area contributed by atoms with Crippen LogP contribution in [0.1, 0.15) is 17.3 Å². The monoisotopic (exact) mass is 270 g/mol. The molecule has 1 aliphatic heterocycles. The minimum Gasteiger partial charge on any atom is -0.481 e. The number of amides is 1. The van der Waals surface area contributed by atoms with Crippen LogP contribution in [0.25, 0.3) is 0 Å². The number of rotatable bonds is 3. The van der Waals surface area contributed by atoms with Gasteiger partial charge in [-0.3, -0.25) is 19.7 Å². The van der Waals surface area contributed by atoms with Crippen LogP contribution in [0.2, 0.25) is 0 Å². The second kappa shape index (κ2) is 4.37. The van der Waals surface area contributed by atoms with Gasteiger partial charge in [-0.25, -0.2) is 0 Å². The Morgan fingerprint density at radius 3 is 2.78 bits per heavy atom. The molecule has 1 aliphatic rings. The van der Waals surface area contributed by atoms with Crippen LogP contribution in [0.4, 0.5) is 5.00 Å². The van der Waals surface area contributed by atoms with Crippen LogP contribution in [0, 0.1) is 16.0 Å². The van der Waals surface area contributed by atoms with Crippen LogP contribution in [0.5, 0.6) is 0 Å². The van der Waals surface area contributed by atoms with Gasteiger partial charge >= 0.3 is 11.0 Å². The second-order valence-corrected chi connectivity index (χ2v) is 5.13. The Kier molecular flexibility index (Phi) is 3.04. The number of hydrogen-bond acceptors (Lipinski definition) is 5. The molecule has 8 heteroatoms. The number of aliphatic carboxylic acids is 1. The van der Waals surface area contributed by atoms with Crippen molar-refractivity contribution in [3.63, 3.8) is 0 Å². The third-order valence-electron chi connectivity index (χ3n) is 2.99. The topological polar surface area (TPSA) is 101 Å². The molecule has 1 saturated heterocycles. The minimum absolute atomic E-state index is 0.0538. The standard InChI is InChI=1S/C10H10N2O5S/c1-11-7(13)4-5(10(14)15)9(11)6-2-3-8(18-6)12(16)17/h2-3,5,9H,4H2,1H3,(H,14,15). The SMILES string of the molecule is CN1C(=O)CC(C(=O)O)C1c1ccc([N+](=O)[O-])s1. The van der Waals surface area contributed by atoms with Crippen molar-refractivity contribution in [1.29, 1.82) is 0 Å². The molecule has 7 nitrogen and oxygen atoms in total. The molecule has 1 fully saturated rings. The van der Waals surface area contributed by atoms with E-state index in [2.05, 4.69) is 0 Å². The zero-order chi connectivity index (χ0) is 13.4. The van der Waals surface area contributed by atoms with E-state index in [1.807, 2.05) is 0 Å². The Morgan fingerprint density at radius 1 is 1.61 bits per heavy atom. The molecule has 0 aromatic carbocycles. The van der Waals surface area contributed by atoms with Crippen molar-refractivity contribution in [2.75, 3.05) is 7.05 Å². The first-order valence-corrected chi connectivity index (χ1v) is 5.96. The van der Waals surface area contributed by atoms with E-state index in [0.717, 1.165) is 11.3 Å². The fourth-order valence-corrected chi connectivity index (χ4v) is 3.11. The largest absolute Gasteiger partial charge is 0.481 e. The molecule has 2 atom stereocenters. The van der Waals surface area contributed by atoms with Crippen molar-refractivity contribution in [3.8, 4) is 0 Å². The number of nitrogens with zero attached hydrogens (tertiary/aromatic N) is 2. The van der Waals surface area contributed by atoms with Gasteiger partial charge in [0.2, 0.25) is 5.91 Å². The summed E-state index contributed by atoms with van der Waals surface area (Å²) in [6.45, 7) is 0. The molecule has 1 N–H and O–H groups in total. The lowest BCUT2D eigenvalue weighted by molar-refractivity contribution is -0.380. The fourth-order valence-electron chi connectivity index (χ4n) is 2.08. The molecule has 2 rings (SSSR count). The van der Waals surface area contributed by atoms with Gasteiger partial charge in [-0.1, -0.05) is 11.3 Å². The third kappa shape index (κ3) is 1.94. The van der Waals surface area contributed by atoms with Gasteiger partial charge in [0, 0.05) is 24.4 Å². The van der Waals surface area contributed by atoms with Gasteiger partial charge in [0.1, 0.15) is 0 Å². The zero-order valence-corrected chi connectivity index (χ0v) is 10.2. The maximum atomic E-state index is 11.5. The maximum Gasteiger partial charge on any atom is 0.324 e. The highest BCUT2D eigenvalue weighted by Crippen LogP contribution is 2.41. The average molecular weight is 270 g/mol. The molecular weight excluding hydrogens is 260 g/mol. The molecule has 96 valence electrons. The van der Waals surface area contributed by atoms with Gasteiger partial charge in [0.15, 0.2) is 0 Å². The third-order valence-corrected chi connectivity index (χ3v) is 4.10. The summed E-state index contributed by atoms with van der Waals surface area (Å²) in [4.78, 5) is 34.6. The molecule has 18 heavy (non-hydrogen) atoms. The predicted octanol–water partition coefficient (Wildman–Crippen LogP) is 1.26. The lowest BCUT2D eigenvalue weighted by atomic mass is 9.99. The first-order chi connectivity index (χ1) is 8.41. The number of carboxylic acids is 1. The number of thiophene rings is 1. The summed E-state index contributed by atoms with van der Waals surface area (Å²) in [6, 6.07) is 2.22. The summed E-state index contributed by atoms with van der Waals surface area (Å²) in [7, 11) is 1.52. The first kappa shape index (κ1) is 12.5. The number of hydrogen-bond donors (Lipinski definition) is 1. The average Bonchev–Trinajstić information content (AvgIpc) is 2.85. The first-order valence-electron chi connectivity index (χ1n) is 5.14. The van der Waals surface area contributed by atoms with Crippen molar-refractivity contribution in [3.05, 3.63) is 27.1 Å². The lowest BCUT2D eigenvalue weighted by Crippen LogP contribution is -2.26. The van der Waals surface area contributed by atoms with E-state index >= 15 is 0 Å². The van der Waals surface area contributed by atoms with Crippen LogP contribution >= 0.6 is 11.3 Å². The van der Waals surface area contributed by atoms with Gasteiger partial charge < -0.3 is 10.0 Å². The van der Waals surface area contributed by atoms with Gasteiger partial charge in [0.05, 0.1) is 16.9 Å². The van der Waals surface area contributed by atoms with Crippen molar-refractivity contribution >= 4 is 28.2 Å². The highest BCUT2D eigenvalue weighted by molar-refractivity contribution is 7.15. The molecule has 0 radical (unpaired) electrons. The van der Waals surface area contributed by atoms with Gasteiger partial charge in [0.25, 0.3) is 0 Å². The predicted molar refractivity (Wildman–Crippen MR) is 62.2 cm³/mol. The quantitative estimate of drug-likeness (QED) is 0.658. The van der Waals surface area contributed by atoms with Gasteiger partial charge in [-0.15, -0.1) is 0 Å². The fraction of sp³-hybridized carbons (Fsp3) is 0.400.